The molecule has 1 N–H and O–H groups in total. The van der Waals surface area contributed by atoms with Crippen molar-refractivity contribution in [2.75, 3.05) is 32.7 Å². The van der Waals surface area contributed by atoms with Crippen molar-refractivity contribution in [2.24, 2.45) is 11.3 Å². The van der Waals surface area contributed by atoms with Gasteiger partial charge in [0.05, 0.1) is 6.10 Å². The first-order chi connectivity index (χ1) is 12.1. The Bertz CT molecular complexity index is 471. The van der Waals surface area contributed by atoms with Gasteiger partial charge in [-0.2, -0.15) is 0 Å². The van der Waals surface area contributed by atoms with Gasteiger partial charge in [0.2, 0.25) is 5.91 Å². The lowest BCUT2D eigenvalue weighted by molar-refractivity contribution is -0.145. The summed E-state index contributed by atoms with van der Waals surface area (Å²) in [4.78, 5) is 17.7. The number of aliphatic hydroxyl groups excluding tert-OH is 1. The molecule has 2 atom stereocenters. The minimum Gasteiger partial charge on any atom is -0.392 e. The molecule has 4 nitrogen and oxygen atoms in total. The van der Waals surface area contributed by atoms with Crippen LogP contribution in [0.25, 0.3) is 0 Å². The predicted octanol–water partition coefficient (Wildman–Crippen LogP) is 3.21. The maximum atomic E-state index is 13.1. The van der Waals surface area contributed by atoms with Crippen LogP contribution in [0.5, 0.6) is 0 Å². The zero-order valence-electron chi connectivity index (χ0n) is 16.0. The highest BCUT2D eigenvalue weighted by molar-refractivity contribution is 5.79. The van der Waals surface area contributed by atoms with E-state index in [0.29, 0.717) is 5.91 Å². The van der Waals surface area contributed by atoms with E-state index >= 15 is 0 Å². The highest BCUT2D eigenvalue weighted by Gasteiger charge is 2.46. The Morgan fingerprint density at radius 1 is 1.08 bits per heavy atom. The van der Waals surface area contributed by atoms with Crippen LogP contribution in [-0.4, -0.2) is 59.6 Å². The molecule has 1 amide bonds. The van der Waals surface area contributed by atoms with Crippen molar-refractivity contribution < 1.29 is 9.90 Å². The molecule has 25 heavy (non-hydrogen) atoms. The lowest BCUT2D eigenvalue weighted by Gasteiger charge is -2.51. The number of likely N-dealkylation sites (tertiary alicyclic amines) is 2. The topological polar surface area (TPSA) is 43.8 Å². The number of allylic oxidation sites excluding steroid dienone is 1. The first-order valence-corrected chi connectivity index (χ1v) is 10.4. The maximum absolute atomic E-state index is 13.1. The van der Waals surface area contributed by atoms with Crippen LogP contribution in [0.3, 0.4) is 0 Å². The zero-order valence-corrected chi connectivity index (χ0v) is 16.0. The number of rotatable bonds is 3. The highest BCUT2D eigenvalue weighted by Crippen LogP contribution is 2.39. The Labute approximate surface area is 153 Å². The molecular weight excluding hydrogens is 312 g/mol. The van der Waals surface area contributed by atoms with Gasteiger partial charge in [-0.15, -0.1) is 0 Å². The zero-order chi connectivity index (χ0) is 17.7. The average molecular weight is 349 g/mol. The molecule has 0 aromatic carbocycles. The summed E-state index contributed by atoms with van der Waals surface area (Å²) in [7, 11) is 0. The van der Waals surface area contributed by atoms with Crippen LogP contribution in [0, 0.1) is 11.3 Å². The summed E-state index contributed by atoms with van der Waals surface area (Å²) < 4.78 is 0. The van der Waals surface area contributed by atoms with Gasteiger partial charge in [-0.1, -0.05) is 37.8 Å². The molecule has 3 aliphatic rings. The fraction of sp³-hybridized carbons (Fsp3) is 0.857. The monoisotopic (exact) mass is 348 g/mol. The molecule has 1 spiro atoms. The molecule has 142 valence electrons. The van der Waals surface area contributed by atoms with Crippen molar-refractivity contribution in [3.8, 4) is 0 Å². The minimum absolute atomic E-state index is 0.113. The Hall–Kier alpha value is -0.870. The van der Waals surface area contributed by atoms with Crippen molar-refractivity contribution in [1.82, 2.24) is 9.80 Å². The van der Waals surface area contributed by atoms with E-state index in [-0.39, 0.29) is 17.4 Å². The smallest absolute Gasteiger partial charge is 0.225 e. The first-order valence-electron chi connectivity index (χ1n) is 10.4. The van der Waals surface area contributed by atoms with E-state index in [0.717, 1.165) is 64.8 Å². The lowest BCUT2D eigenvalue weighted by atomic mass is 9.71. The Morgan fingerprint density at radius 2 is 1.84 bits per heavy atom. The molecule has 4 heteroatoms. The van der Waals surface area contributed by atoms with Crippen LogP contribution in [0.15, 0.2) is 12.2 Å². The van der Waals surface area contributed by atoms with Gasteiger partial charge < -0.3 is 10.0 Å². The van der Waals surface area contributed by atoms with Gasteiger partial charge >= 0.3 is 0 Å². The standard InChI is InChI=1S/C21H36N2O2/c1-2-3-13-22-15-11-19(24)21(16-22)12-8-14-23(17-21)20(25)18-9-6-4-5-7-10-18/h2-3,18-19,24H,4-17H2,1H3/t19-,21-/m1/s1. The summed E-state index contributed by atoms with van der Waals surface area (Å²) in [6.45, 7) is 6.55. The van der Waals surface area contributed by atoms with Gasteiger partial charge in [0, 0.05) is 44.1 Å². The third kappa shape index (κ3) is 4.46. The van der Waals surface area contributed by atoms with Crippen LogP contribution in [-0.2, 0) is 4.79 Å². The number of carbonyl (C=O) groups is 1. The summed E-state index contributed by atoms with van der Waals surface area (Å²) >= 11 is 0. The minimum atomic E-state index is -0.265. The molecule has 0 bridgehead atoms. The Kier molecular flexibility index (Phi) is 6.56. The third-order valence-corrected chi connectivity index (χ3v) is 6.69. The number of hydrogen-bond acceptors (Lipinski definition) is 3. The average Bonchev–Trinajstić information content (AvgIpc) is 2.92. The van der Waals surface area contributed by atoms with Crippen molar-refractivity contribution in [3.05, 3.63) is 12.2 Å². The van der Waals surface area contributed by atoms with Crippen LogP contribution in [0.4, 0.5) is 0 Å². The number of hydrogen-bond donors (Lipinski definition) is 1. The third-order valence-electron chi connectivity index (χ3n) is 6.69. The Balaban J connectivity index is 1.66. The largest absolute Gasteiger partial charge is 0.392 e. The van der Waals surface area contributed by atoms with Crippen LogP contribution in [0.2, 0.25) is 0 Å². The normalized spacial score (nSPS) is 33.0. The van der Waals surface area contributed by atoms with E-state index in [1.807, 2.05) is 0 Å². The second-order valence-corrected chi connectivity index (χ2v) is 8.52. The van der Waals surface area contributed by atoms with E-state index in [9.17, 15) is 9.90 Å². The number of carbonyl (C=O) groups excluding carboxylic acids is 1. The lowest BCUT2D eigenvalue weighted by Crippen LogP contribution is -2.60. The molecule has 1 saturated carbocycles. The van der Waals surface area contributed by atoms with Crippen LogP contribution < -0.4 is 0 Å². The number of piperidine rings is 2. The van der Waals surface area contributed by atoms with E-state index in [1.165, 1.54) is 25.7 Å². The first kappa shape index (κ1) is 18.9. The summed E-state index contributed by atoms with van der Waals surface area (Å²) in [6.07, 6.45) is 14.1. The molecule has 2 heterocycles. The summed E-state index contributed by atoms with van der Waals surface area (Å²) in [5.74, 6) is 0.608. The maximum Gasteiger partial charge on any atom is 0.225 e. The molecule has 3 fully saturated rings. The molecule has 3 rings (SSSR count). The SMILES string of the molecule is CC=CCN1CC[C@@H](O)[C@]2(CCCN(C(=O)C3CCCCCC3)C2)C1. The van der Waals surface area contributed by atoms with E-state index in [1.54, 1.807) is 0 Å². The molecular formula is C21H36N2O2. The molecule has 0 radical (unpaired) electrons. The van der Waals surface area contributed by atoms with Gasteiger partial charge in [-0.05, 0) is 39.0 Å². The number of aliphatic hydroxyl groups is 1. The van der Waals surface area contributed by atoms with Gasteiger partial charge in [0.1, 0.15) is 0 Å². The predicted molar refractivity (Wildman–Crippen MR) is 101 cm³/mol. The summed E-state index contributed by atoms with van der Waals surface area (Å²) in [6, 6.07) is 0. The van der Waals surface area contributed by atoms with Gasteiger partial charge in [-0.25, -0.2) is 0 Å². The molecule has 1 aliphatic carbocycles. The van der Waals surface area contributed by atoms with E-state index < -0.39 is 0 Å². The molecule has 0 aromatic rings. The summed E-state index contributed by atoms with van der Waals surface area (Å²) in [5.41, 5.74) is -0.113. The van der Waals surface area contributed by atoms with Crippen molar-refractivity contribution in [3.63, 3.8) is 0 Å². The van der Waals surface area contributed by atoms with E-state index in [4.69, 9.17) is 0 Å². The quantitative estimate of drug-likeness (QED) is 0.629. The second kappa shape index (κ2) is 8.68. The number of amides is 1. The second-order valence-electron chi connectivity index (χ2n) is 8.52. The fourth-order valence-electron chi connectivity index (χ4n) is 5.18. The molecule has 0 aromatic heterocycles. The number of nitrogens with zero attached hydrogens (tertiary/aromatic N) is 2. The molecule has 2 aliphatic heterocycles. The molecule has 2 saturated heterocycles. The van der Waals surface area contributed by atoms with Crippen molar-refractivity contribution in [2.45, 2.75) is 70.8 Å². The van der Waals surface area contributed by atoms with Gasteiger partial charge in [-0.3, -0.25) is 9.69 Å². The molecule has 0 unspecified atom stereocenters. The summed E-state index contributed by atoms with van der Waals surface area (Å²) in [5, 5.41) is 10.8. The Morgan fingerprint density at radius 3 is 2.56 bits per heavy atom. The van der Waals surface area contributed by atoms with E-state index in [2.05, 4.69) is 28.9 Å². The fourth-order valence-corrected chi connectivity index (χ4v) is 5.18. The van der Waals surface area contributed by atoms with Gasteiger partial charge in [0.25, 0.3) is 0 Å². The van der Waals surface area contributed by atoms with Gasteiger partial charge in [0.15, 0.2) is 0 Å². The highest BCUT2D eigenvalue weighted by atomic mass is 16.3. The van der Waals surface area contributed by atoms with Crippen molar-refractivity contribution >= 4 is 5.91 Å². The van der Waals surface area contributed by atoms with Crippen LogP contribution >= 0.6 is 0 Å². The van der Waals surface area contributed by atoms with Crippen molar-refractivity contribution in [1.29, 1.82) is 0 Å². The van der Waals surface area contributed by atoms with Crippen LogP contribution in [0.1, 0.15) is 64.7 Å².